The molecule has 0 unspecified atom stereocenters. The number of anilines is 2. The van der Waals surface area contributed by atoms with E-state index in [1.807, 2.05) is 38.4 Å². The van der Waals surface area contributed by atoms with Gasteiger partial charge in [0.25, 0.3) is 0 Å². The molecular weight excluding hydrogens is 220 g/mol. The molecule has 92 valence electrons. The summed E-state index contributed by atoms with van der Waals surface area (Å²) in [5, 5.41) is 0. The van der Waals surface area contributed by atoms with E-state index in [2.05, 4.69) is 29.7 Å². The van der Waals surface area contributed by atoms with Crippen molar-refractivity contribution in [3.8, 4) is 11.1 Å². The Morgan fingerprint density at radius 2 is 1.72 bits per heavy atom. The summed E-state index contributed by atoms with van der Waals surface area (Å²) in [7, 11) is 4.05. The molecule has 2 nitrogen and oxygen atoms in total. The molecule has 0 aliphatic heterocycles. The van der Waals surface area contributed by atoms with Gasteiger partial charge in [-0.25, -0.2) is 0 Å². The van der Waals surface area contributed by atoms with Crippen molar-refractivity contribution in [2.45, 2.75) is 0 Å². The predicted molar refractivity (Wildman–Crippen MR) is 80.7 cm³/mol. The molecule has 0 atom stereocenters. The van der Waals surface area contributed by atoms with E-state index >= 15 is 0 Å². The lowest BCUT2D eigenvalue weighted by Gasteiger charge is -2.20. The van der Waals surface area contributed by atoms with Crippen molar-refractivity contribution in [2.24, 2.45) is 0 Å². The van der Waals surface area contributed by atoms with Crippen molar-refractivity contribution in [3.05, 3.63) is 54.6 Å². The van der Waals surface area contributed by atoms with Gasteiger partial charge in [0, 0.05) is 31.0 Å². The van der Waals surface area contributed by atoms with E-state index in [9.17, 15) is 0 Å². The van der Waals surface area contributed by atoms with E-state index < -0.39 is 0 Å². The summed E-state index contributed by atoms with van der Waals surface area (Å²) in [6.07, 6.45) is 1.79. The molecule has 2 heteroatoms. The van der Waals surface area contributed by atoms with Crippen LogP contribution in [0, 0.1) is 0 Å². The number of nitrogens with two attached hydrogens (primary N) is 1. The van der Waals surface area contributed by atoms with Gasteiger partial charge in [0.1, 0.15) is 0 Å². The third-order valence-electron chi connectivity index (χ3n) is 3.02. The third kappa shape index (κ3) is 2.09. The largest absolute Gasteiger partial charge is 0.398 e. The van der Waals surface area contributed by atoms with Crippen molar-refractivity contribution in [3.63, 3.8) is 0 Å². The Balaban J connectivity index is 2.73. The number of benzene rings is 2. The fourth-order valence-corrected chi connectivity index (χ4v) is 2.08. The van der Waals surface area contributed by atoms with Crippen molar-refractivity contribution >= 4 is 17.5 Å². The maximum atomic E-state index is 6.27. The van der Waals surface area contributed by atoms with Gasteiger partial charge in [0.05, 0.1) is 0 Å². The second-order valence-corrected chi connectivity index (χ2v) is 4.43. The molecule has 0 amide bonds. The van der Waals surface area contributed by atoms with Gasteiger partial charge in [-0.2, -0.15) is 0 Å². The van der Waals surface area contributed by atoms with Gasteiger partial charge in [-0.05, 0) is 17.2 Å². The van der Waals surface area contributed by atoms with Crippen molar-refractivity contribution in [1.82, 2.24) is 0 Å². The van der Waals surface area contributed by atoms with E-state index in [0.717, 1.165) is 28.1 Å². The molecule has 2 rings (SSSR count). The molecule has 0 aliphatic carbocycles. The zero-order chi connectivity index (χ0) is 13.1. The van der Waals surface area contributed by atoms with Crippen LogP contribution in [0.5, 0.6) is 0 Å². The lowest BCUT2D eigenvalue weighted by Crippen LogP contribution is -2.11. The molecule has 18 heavy (non-hydrogen) atoms. The Labute approximate surface area is 108 Å². The van der Waals surface area contributed by atoms with Gasteiger partial charge >= 0.3 is 0 Å². The fourth-order valence-electron chi connectivity index (χ4n) is 2.08. The third-order valence-corrected chi connectivity index (χ3v) is 3.02. The molecule has 0 bridgehead atoms. The highest BCUT2D eigenvalue weighted by molar-refractivity contribution is 5.92. The minimum atomic E-state index is 0.780. The summed E-state index contributed by atoms with van der Waals surface area (Å²) >= 11 is 0. The Morgan fingerprint density at radius 1 is 1.06 bits per heavy atom. The highest BCUT2D eigenvalue weighted by Gasteiger charge is 2.12. The highest BCUT2D eigenvalue weighted by atomic mass is 15.1. The Kier molecular flexibility index (Phi) is 3.38. The summed E-state index contributed by atoms with van der Waals surface area (Å²) in [6.45, 7) is 3.81. The van der Waals surface area contributed by atoms with Crippen molar-refractivity contribution < 1.29 is 0 Å². The quantitative estimate of drug-likeness (QED) is 0.827. The molecule has 0 spiro atoms. The summed E-state index contributed by atoms with van der Waals surface area (Å²) in [4.78, 5) is 2.07. The molecule has 0 aromatic heterocycles. The van der Waals surface area contributed by atoms with Gasteiger partial charge in [0.15, 0.2) is 0 Å². The first-order chi connectivity index (χ1) is 8.65. The minimum Gasteiger partial charge on any atom is -0.398 e. The van der Waals surface area contributed by atoms with Crippen LogP contribution in [0.3, 0.4) is 0 Å². The summed E-state index contributed by atoms with van der Waals surface area (Å²) in [6, 6.07) is 14.3. The number of hydrogen-bond donors (Lipinski definition) is 1. The summed E-state index contributed by atoms with van der Waals surface area (Å²) in [5.74, 6) is 0. The van der Waals surface area contributed by atoms with Crippen LogP contribution in [0.4, 0.5) is 11.4 Å². The molecule has 0 saturated heterocycles. The Morgan fingerprint density at radius 3 is 2.28 bits per heavy atom. The van der Waals surface area contributed by atoms with E-state index in [1.165, 1.54) is 0 Å². The molecule has 2 N–H and O–H groups in total. The molecule has 0 heterocycles. The highest BCUT2D eigenvalue weighted by Crippen LogP contribution is 2.37. The number of hydrogen-bond acceptors (Lipinski definition) is 2. The normalized spacial score (nSPS) is 10.1. The standard InChI is InChI=1S/C16H18N2/c1-4-12-10-11-14(18(2)3)15(16(12)17)13-8-6-5-7-9-13/h4-11H,1,17H2,2-3H3. The second kappa shape index (κ2) is 4.96. The number of nitrogens with zero attached hydrogens (tertiary/aromatic N) is 1. The van der Waals surface area contributed by atoms with Crippen LogP contribution in [0.15, 0.2) is 49.0 Å². The minimum absolute atomic E-state index is 0.780. The van der Waals surface area contributed by atoms with E-state index in [0.29, 0.717) is 0 Å². The zero-order valence-corrected chi connectivity index (χ0v) is 10.9. The fraction of sp³-hybridized carbons (Fsp3) is 0.125. The van der Waals surface area contributed by atoms with Crippen LogP contribution in [-0.4, -0.2) is 14.1 Å². The molecule has 0 saturated carbocycles. The first kappa shape index (κ1) is 12.2. The first-order valence-corrected chi connectivity index (χ1v) is 5.92. The monoisotopic (exact) mass is 238 g/mol. The number of nitrogen functional groups attached to an aromatic ring is 1. The Hall–Kier alpha value is -2.22. The van der Waals surface area contributed by atoms with Crippen LogP contribution < -0.4 is 10.6 Å². The maximum Gasteiger partial charge on any atom is 0.0488 e. The van der Waals surface area contributed by atoms with E-state index in [-0.39, 0.29) is 0 Å². The molecule has 0 fully saturated rings. The molecule has 2 aromatic rings. The van der Waals surface area contributed by atoms with Crippen LogP contribution in [0.2, 0.25) is 0 Å². The van der Waals surface area contributed by atoms with Gasteiger partial charge in [0.2, 0.25) is 0 Å². The average molecular weight is 238 g/mol. The summed E-state index contributed by atoms with van der Waals surface area (Å²) < 4.78 is 0. The first-order valence-electron chi connectivity index (χ1n) is 5.92. The van der Waals surface area contributed by atoms with Gasteiger partial charge in [-0.3, -0.25) is 0 Å². The zero-order valence-electron chi connectivity index (χ0n) is 10.9. The second-order valence-electron chi connectivity index (χ2n) is 4.43. The molecule has 0 aliphatic rings. The molecular formula is C16H18N2. The van der Waals surface area contributed by atoms with Crippen LogP contribution in [0.25, 0.3) is 17.2 Å². The van der Waals surface area contributed by atoms with Gasteiger partial charge in [-0.1, -0.05) is 49.1 Å². The van der Waals surface area contributed by atoms with Crippen LogP contribution >= 0.6 is 0 Å². The van der Waals surface area contributed by atoms with Gasteiger partial charge < -0.3 is 10.6 Å². The lowest BCUT2D eigenvalue weighted by molar-refractivity contribution is 1.13. The maximum absolute atomic E-state index is 6.27. The van der Waals surface area contributed by atoms with Gasteiger partial charge in [-0.15, -0.1) is 0 Å². The van der Waals surface area contributed by atoms with Crippen LogP contribution in [-0.2, 0) is 0 Å². The predicted octanol–water partition coefficient (Wildman–Crippen LogP) is 3.64. The van der Waals surface area contributed by atoms with E-state index in [4.69, 9.17) is 5.73 Å². The lowest BCUT2D eigenvalue weighted by atomic mass is 9.97. The number of rotatable bonds is 3. The molecule has 2 aromatic carbocycles. The molecule has 0 radical (unpaired) electrons. The van der Waals surface area contributed by atoms with Crippen molar-refractivity contribution in [2.75, 3.05) is 24.7 Å². The van der Waals surface area contributed by atoms with Crippen LogP contribution in [0.1, 0.15) is 5.56 Å². The smallest absolute Gasteiger partial charge is 0.0488 e. The Bertz CT molecular complexity index is 557. The summed E-state index contributed by atoms with van der Waals surface area (Å²) in [5.41, 5.74) is 11.3. The topological polar surface area (TPSA) is 29.3 Å². The van der Waals surface area contributed by atoms with E-state index in [1.54, 1.807) is 6.08 Å². The average Bonchev–Trinajstić information content (AvgIpc) is 2.39. The van der Waals surface area contributed by atoms with Crippen molar-refractivity contribution in [1.29, 1.82) is 0 Å². The SMILES string of the molecule is C=Cc1ccc(N(C)C)c(-c2ccccc2)c1N.